The second kappa shape index (κ2) is 9.37. The maximum atomic E-state index is 13.3. The normalized spacial score (nSPS) is 20.8. The number of aryl methyl sites for hydroxylation is 1. The van der Waals surface area contributed by atoms with E-state index in [9.17, 15) is 9.90 Å². The lowest BCUT2D eigenvalue weighted by molar-refractivity contribution is 0.0497. The van der Waals surface area contributed by atoms with Crippen LogP contribution in [0.1, 0.15) is 69.8 Å². The minimum absolute atomic E-state index is 0.0493. The number of carbonyl (C=O) groups excluding carboxylic acids is 1. The van der Waals surface area contributed by atoms with E-state index >= 15 is 0 Å². The molecular weight excluding hydrogens is 350 g/mol. The van der Waals surface area contributed by atoms with Crippen molar-refractivity contribution in [2.45, 2.75) is 78.0 Å². The molecule has 0 bridgehead atoms. The first-order valence-corrected chi connectivity index (χ1v) is 10.2. The Kier molecular flexibility index (Phi) is 7.41. The monoisotopic (exact) mass is 385 g/mol. The molecule has 154 valence electrons. The third-order valence-corrected chi connectivity index (χ3v) is 5.71. The zero-order chi connectivity index (χ0) is 20.9. The second-order valence-electron chi connectivity index (χ2n) is 8.34. The Morgan fingerprint density at radius 1 is 1.39 bits per heavy atom. The number of carbonyl (C=O) groups is 1. The molecule has 0 aromatic heterocycles. The van der Waals surface area contributed by atoms with Gasteiger partial charge in [0, 0.05) is 31.1 Å². The molecule has 0 radical (unpaired) electrons. The highest BCUT2D eigenvalue weighted by molar-refractivity contribution is 5.96. The van der Waals surface area contributed by atoms with Gasteiger partial charge in [-0.05, 0) is 64.2 Å². The average molecular weight is 386 g/mol. The van der Waals surface area contributed by atoms with Gasteiger partial charge in [0.1, 0.15) is 0 Å². The van der Waals surface area contributed by atoms with Gasteiger partial charge in [-0.1, -0.05) is 31.5 Å². The molecule has 1 heterocycles. The zero-order valence-electron chi connectivity index (χ0n) is 18.0. The standard InChI is InChI=1S/C23H35N3O2/c1-7-10-19-11-8-9-12-21(19)22(27)25-16-20(14-13-18(25)3)26(24-6)15-17(2)23(4,5)28/h8-9,11-12,15,18,20,28H,6-7,10,13-14,16H2,1-5H3/b17-15+/t18-,20-/m1/s1. The van der Waals surface area contributed by atoms with Gasteiger partial charge < -0.3 is 10.0 Å². The van der Waals surface area contributed by atoms with Crippen LogP contribution in [0.3, 0.4) is 0 Å². The maximum absolute atomic E-state index is 13.3. The molecule has 1 aromatic rings. The van der Waals surface area contributed by atoms with Gasteiger partial charge in [0.15, 0.2) is 0 Å². The summed E-state index contributed by atoms with van der Waals surface area (Å²) in [7, 11) is 0. The van der Waals surface area contributed by atoms with Crippen molar-refractivity contribution in [2.24, 2.45) is 5.10 Å². The predicted molar refractivity (Wildman–Crippen MR) is 115 cm³/mol. The molecule has 1 N–H and O–H groups in total. The Morgan fingerprint density at radius 2 is 2.07 bits per heavy atom. The Balaban J connectivity index is 2.25. The van der Waals surface area contributed by atoms with Crippen molar-refractivity contribution in [3.63, 3.8) is 0 Å². The first-order chi connectivity index (χ1) is 13.2. The lowest BCUT2D eigenvalue weighted by Crippen LogP contribution is -2.51. The molecule has 1 aliphatic heterocycles. The highest BCUT2D eigenvalue weighted by atomic mass is 16.3. The average Bonchev–Trinajstić information content (AvgIpc) is 2.66. The number of piperidine rings is 1. The summed E-state index contributed by atoms with van der Waals surface area (Å²) in [5, 5.41) is 16.2. The number of benzene rings is 1. The zero-order valence-corrected chi connectivity index (χ0v) is 18.0. The first kappa shape index (κ1) is 22.2. The summed E-state index contributed by atoms with van der Waals surface area (Å²) in [4.78, 5) is 15.3. The van der Waals surface area contributed by atoms with Crippen LogP contribution >= 0.6 is 0 Å². The van der Waals surface area contributed by atoms with Crippen LogP contribution in [0.2, 0.25) is 0 Å². The number of aliphatic hydroxyl groups is 1. The van der Waals surface area contributed by atoms with E-state index in [4.69, 9.17) is 0 Å². The van der Waals surface area contributed by atoms with Gasteiger partial charge in [-0.15, -0.1) is 0 Å². The Morgan fingerprint density at radius 3 is 2.68 bits per heavy atom. The van der Waals surface area contributed by atoms with Crippen LogP contribution in [0.4, 0.5) is 0 Å². The van der Waals surface area contributed by atoms with E-state index in [1.807, 2.05) is 36.2 Å². The molecule has 5 nitrogen and oxygen atoms in total. The molecule has 0 saturated carbocycles. The summed E-state index contributed by atoms with van der Waals surface area (Å²) in [6.07, 6.45) is 5.60. The van der Waals surface area contributed by atoms with Crippen molar-refractivity contribution >= 4 is 12.6 Å². The van der Waals surface area contributed by atoms with Crippen LogP contribution in [0.15, 0.2) is 41.1 Å². The van der Waals surface area contributed by atoms with Gasteiger partial charge in [0.05, 0.1) is 11.6 Å². The van der Waals surface area contributed by atoms with Crippen LogP contribution in [0.5, 0.6) is 0 Å². The molecule has 0 unspecified atom stereocenters. The van der Waals surface area contributed by atoms with Gasteiger partial charge in [-0.25, -0.2) is 0 Å². The van der Waals surface area contributed by atoms with E-state index < -0.39 is 5.60 Å². The third-order valence-electron chi connectivity index (χ3n) is 5.71. The molecule has 1 fully saturated rings. The molecule has 0 aliphatic carbocycles. The molecule has 5 heteroatoms. The molecule has 1 aromatic carbocycles. The maximum Gasteiger partial charge on any atom is 0.254 e. The summed E-state index contributed by atoms with van der Waals surface area (Å²) in [6.45, 7) is 13.9. The highest BCUT2D eigenvalue weighted by Gasteiger charge is 2.33. The largest absolute Gasteiger partial charge is 0.386 e. The van der Waals surface area contributed by atoms with Gasteiger partial charge in [-0.2, -0.15) is 5.10 Å². The van der Waals surface area contributed by atoms with Crippen LogP contribution in [-0.2, 0) is 6.42 Å². The van der Waals surface area contributed by atoms with E-state index in [2.05, 4.69) is 31.7 Å². The van der Waals surface area contributed by atoms with Crippen molar-refractivity contribution in [1.82, 2.24) is 9.91 Å². The second-order valence-corrected chi connectivity index (χ2v) is 8.34. The first-order valence-electron chi connectivity index (χ1n) is 10.2. The lowest BCUT2D eigenvalue weighted by atomic mass is 9.95. The summed E-state index contributed by atoms with van der Waals surface area (Å²) in [5.74, 6) is 0.0912. The summed E-state index contributed by atoms with van der Waals surface area (Å²) in [5.41, 5.74) is 1.81. The van der Waals surface area contributed by atoms with E-state index in [1.165, 1.54) is 0 Å². The third kappa shape index (κ3) is 5.22. The molecule has 2 atom stereocenters. The van der Waals surface area contributed by atoms with Crippen molar-refractivity contribution in [3.05, 3.63) is 47.2 Å². The van der Waals surface area contributed by atoms with Gasteiger partial charge in [0.2, 0.25) is 0 Å². The predicted octanol–water partition coefficient (Wildman–Crippen LogP) is 4.22. The van der Waals surface area contributed by atoms with E-state index in [1.54, 1.807) is 18.9 Å². The van der Waals surface area contributed by atoms with E-state index in [-0.39, 0.29) is 18.0 Å². The van der Waals surface area contributed by atoms with Crippen molar-refractivity contribution in [3.8, 4) is 0 Å². The fourth-order valence-electron chi connectivity index (χ4n) is 3.58. The number of rotatable bonds is 7. The Hall–Kier alpha value is -2.14. The van der Waals surface area contributed by atoms with Gasteiger partial charge in [0.25, 0.3) is 5.91 Å². The van der Waals surface area contributed by atoms with E-state index in [0.717, 1.165) is 42.4 Å². The fraction of sp³-hybridized carbons (Fsp3) is 0.565. The van der Waals surface area contributed by atoms with Crippen LogP contribution in [0, 0.1) is 0 Å². The molecule has 1 amide bonds. The van der Waals surface area contributed by atoms with Gasteiger partial charge in [-0.3, -0.25) is 9.80 Å². The number of hydrazone groups is 1. The molecule has 1 saturated heterocycles. The number of amides is 1. The quantitative estimate of drug-likeness (QED) is 0.565. The SMILES string of the molecule is C=NN(/C=C(\C)C(C)(C)O)[C@@H]1CC[C@@H](C)N(C(=O)c2ccccc2CCC)C1. The number of hydrogen-bond donors (Lipinski definition) is 1. The van der Waals surface area contributed by atoms with E-state index in [0.29, 0.717) is 6.54 Å². The minimum Gasteiger partial charge on any atom is -0.386 e. The molecule has 0 spiro atoms. The molecular formula is C23H35N3O2. The lowest BCUT2D eigenvalue weighted by Gasteiger charge is -2.41. The van der Waals surface area contributed by atoms with Crippen molar-refractivity contribution < 1.29 is 9.90 Å². The van der Waals surface area contributed by atoms with Crippen LogP contribution in [-0.4, -0.2) is 51.9 Å². The summed E-state index contributed by atoms with van der Waals surface area (Å²) >= 11 is 0. The Bertz CT molecular complexity index is 721. The van der Waals surface area contributed by atoms with Crippen LogP contribution in [0.25, 0.3) is 0 Å². The highest BCUT2D eigenvalue weighted by Crippen LogP contribution is 2.26. The van der Waals surface area contributed by atoms with Crippen molar-refractivity contribution in [2.75, 3.05) is 6.54 Å². The fourth-order valence-corrected chi connectivity index (χ4v) is 3.58. The van der Waals surface area contributed by atoms with Crippen molar-refractivity contribution in [1.29, 1.82) is 0 Å². The van der Waals surface area contributed by atoms with Gasteiger partial charge >= 0.3 is 0 Å². The van der Waals surface area contributed by atoms with Crippen LogP contribution < -0.4 is 0 Å². The smallest absolute Gasteiger partial charge is 0.254 e. The number of nitrogens with zero attached hydrogens (tertiary/aromatic N) is 3. The molecule has 1 aliphatic rings. The summed E-state index contributed by atoms with van der Waals surface area (Å²) < 4.78 is 0. The molecule has 2 rings (SSSR count). The topological polar surface area (TPSA) is 56.1 Å². The molecule has 28 heavy (non-hydrogen) atoms. The Labute approximate surface area is 169 Å². The minimum atomic E-state index is -0.917. The number of hydrogen-bond acceptors (Lipinski definition) is 4. The summed E-state index contributed by atoms with van der Waals surface area (Å²) in [6, 6.07) is 8.16. The number of likely N-dealkylation sites (tertiary alicyclic amines) is 1.